The highest BCUT2D eigenvalue weighted by Gasteiger charge is 2.29. The van der Waals surface area contributed by atoms with Crippen LogP contribution in [0.4, 0.5) is 5.69 Å². The molecular formula is C29H30N4O4. The number of aromatic nitrogens is 2. The van der Waals surface area contributed by atoms with Crippen LogP contribution in [0.5, 0.6) is 0 Å². The highest BCUT2D eigenvalue weighted by atomic mass is 16.5. The minimum absolute atomic E-state index is 0.0398. The van der Waals surface area contributed by atoms with Crippen molar-refractivity contribution < 1.29 is 14.3 Å². The van der Waals surface area contributed by atoms with Crippen molar-refractivity contribution in [1.82, 2.24) is 14.5 Å². The number of carbonyl (C=O) groups is 2. The van der Waals surface area contributed by atoms with E-state index in [1.165, 1.54) is 4.57 Å². The molecule has 190 valence electrons. The van der Waals surface area contributed by atoms with Crippen LogP contribution in [0.3, 0.4) is 0 Å². The third kappa shape index (κ3) is 4.33. The van der Waals surface area contributed by atoms with Gasteiger partial charge in [-0.3, -0.25) is 14.6 Å². The second-order valence-corrected chi connectivity index (χ2v) is 9.29. The number of anilines is 1. The molecule has 1 amide bonds. The third-order valence-electron chi connectivity index (χ3n) is 7.04. The van der Waals surface area contributed by atoms with Gasteiger partial charge in [0.2, 0.25) is 0 Å². The first-order chi connectivity index (χ1) is 17.9. The summed E-state index contributed by atoms with van der Waals surface area (Å²) < 4.78 is 6.84. The van der Waals surface area contributed by atoms with Crippen molar-refractivity contribution in [2.24, 2.45) is 7.05 Å². The molecule has 1 aliphatic heterocycles. The first-order valence-corrected chi connectivity index (χ1v) is 12.6. The van der Waals surface area contributed by atoms with E-state index in [0.29, 0.717) is 44.0 Å². The summed E-state index contributed by atoms with van der Waals surface area (Å²) in [6.45, 7) is 5.91. The SMILES string of the molecule is CCOC(=O)c1c(N2CCCN(C(=O)c3nccc4ccccc34)CC2)c2cccc(C)c2n(C)c1=O. The van der Waals surface area contributed by atoms with Gasteiger partial charge in [0, 0.05) is 50.2 Å². The minimum Gasteiger partial charge on any atom is -0.462 e. The van der Waals surface area contributed by atoms with Gasteiger partial charge >= 0.3 is 5.97 Å². The number of hydrogen-bond donors (Lipinski definition) is 0. The van der Waals surface area contributed by atoms with Crippen molar-refractivity contribution in [3.8, 4) is 0 Å². The van der Waals surface area contributed by atoms with Gasteiger partial charge in [0.15, 0.2) is 0 Å². The molecule has 3 heterocycles. The third-order valence-corrected chi connectivity index (χ3v) is 7.04. The molecule has 4 aromatic rings. The lowest BCUT2D eigenvalue weighted by atomic mass is 10.0. The fourth-order valence-electron chi connectivity index (χ4n) is 5.30. The Balaban J connectivity index is 1.54. The van der Waals surface area contributed by atoms with E-state index >= 15 is 0 Å². The Labute approximate surface area is 215 Å². The lowest BCUT2D eigenvalue weighted by Crippen LogP contribution is -2.37. The van der Waals surface area contributed by atoms with Gasteiger partial charge < -0.3 is 19.1 Å². The lowest BCUT2D eigenvalue weighted by Gasteiger charge is -2.27. The van der Waals surface area contributed by atoms with Gasteiger partial charge in [0.05, 0.1) is 17.8 Å². The Bertz CT molecular complexity index is 1570. The predicted molar refractivity (Wildman–Crippen MR) is 144 cm³/mol. The van der Waals surface area contributed by atoms with Crippen LogP contribution in [0, 0.1) is 6.92 Å². The monoisotopic (exact) mass is 498 g/mol. The van der Waals surface area contributed by atoms with Gasteiger partial charge in [0.1, 0.15) is 11.3 Å². The minimum atomic E-state index is -0.626. The van der Waals surface area contributed by atoms with E-state index in [0.717, 1.165) is 27.2 Å². The number of aryl methyl sites for hydroxylation is 2. The number of esters is 1. The molecule has 0 atom stereocenters. The molecule has 0 radical (unpaired) electrons. The van der Waals surface area contributed by atoms with E-state index in [9.17, 15) is 14.4 Å². The van der Waals surface area contributed by atoms with Crippen LogP contribution in [-0.2, 0) is 11.8 Å². The predicted octanol–water partition coefficient (Wildman–Crippen LogP) is 3.92. The molecule has 2 aromatic heterocycles. The second kappa shape index (κ2) is 10.0. The first-order valence-electron chi connectivity index (χ1n) is 12.6. The number of nitrogens with zero attached hydrogens (tertiary/aromatic N) is 4. The van der Waals surface area contributed by atoms with E-state index < -0.39 is 5.97 Å². The number of hydrogen-bond acceptors (Lipinski definition) is 6. The molecule has 1 fully saturated rings. The summed E-state index contributed by atoms with van der Waals surface area (Å²) in [5.41, 5.74) is 2.41. The van der Waals surface area contributed by atoms with Crippen molar-refractivity contribution in [3.05, 3.63) is 81.9 Å². The van der Waals surface area contributed by atoms with Crippen LogP contribution in [0.25, 0.3) is 21.7 Å². The van der Waals surface area contributed by atoms with Gasteiger partial charge in [-0.25, -0.2) is 4.79 Å². The Kier molecular flexibility index (Phi) is 6.65. The fraction of sp³-hybridized carbons (Fsp3) is 0.310. The van der Waals surface area contributed by atoms with E-state index in [4.69, 9.17) is 4.74 Å². The molecule has 8 nitrogen and oxygen atoms in total. The zero-order chi connectivity index (χ0) is 26.1. The number of carbonyl (C=O) groups excluding carboxylic acids is 2. The van der Waals surface area contributed by atoms with Crippen molar-refractivity contribution in [2.75, 3.05) is 37.7 Å². The van der Waals surface area contributed by atoms with E-state index in [1.54, 1.807) is 20.2 Å². The summed E-state index contributed by atoms with van der Waals surface area (Å²) in [7, 11) is 1.68. The zero-order valence-corrected chi connectivity index (χ0v) is 21.4. The molecule has 0 N–H and O–H groups in total. The molecular weight excluding hydrogens is 468 g/mol. The van der Waals surface area contributed by atoms with Crippen LogP contribution >= 0.6 is 0 Å². The average molecular weight is 499 g/mol. The standard InChI is InChI=1S/C29H30N4O4/c1-4-37-29(36)23-26(22-12-7-9-19(2)25(22)31(3)27(23)34)32-15-8-16-33(18-17-32)28(35)24-21-11-6-5-10-20(21)13-14-30-24/h5-7,9-14H,4,8,15-18H2,1-3H3. The molecule has 1 saturated heterocycles. The summed E-state index contributed by atoms with van der Waals surface area (Å²) in [6.07, 6.45) is 2.35. The average Bonchev–Trinajstić information content (AvgIpc) is 3.16. The van der Waals surface area contributed by atoms with Gasteiger partial charge in [-0.1, -0.05) is 42.5 Å². The topological polar surface area (TPSA) is 84.7 Å². The number of rotatable bonds is 4. The van der Waals surface area contributed by atoms with Crippen molar-refractivity contribution in [2.45, 2.75) is 20.3 Å². The van der Waals surface area contributed by atoms with Gasteiger partial charge in [0.25, 0.3) is 11.5 Å². The Morgan fingerprint density at radius 2 is 1.76 bits per heavy atom. The summed E-state index contributed by atoms with van der Waals surface area (Å²) >= 11 is 0. The molecule has 0 saturated carbocycles. The molecule has 8 heteroatoms. The highest BCUT2D eigenvalue weighted by Crippen LogP contribution is 2.32. The summed E-state index contributed by atoms with van der Waals surface area (Å²) in [6, 6.07) is 15.5. The van der Waals surface area contributed by atoms with Crippen LogP contribution in [0.15, 0.2) is 59.5 Å². The first kappa shape index (κ1) is 24.5. The summed E-state index contributed by atoms with van der Waals surface area (Å²) in [5, 5.41) is 2.62. The Hall–Kier alpha value is -4.20. The number of amides is 1. The van der Waals surface area contributed by atoms with Crippen LogP contribution < -0.4 is 10.5 Å². The van der Waals surface area contributed by atoms with Crippen LogP contribution in [0.1, 0.15) is 39.8 Å². The molecule has 1 aliphatic rings. The summed E-state index contributed by atoms with van der Waals surface area (Å²) in [4.78, 5) is 48.3. The molecule has 0 aliphatic carbocycles. The molecule has 0 spiro atoms. The molecule has 37 heavy (non-hydrogen) atoms. The fourth-order valence-corrected chi connectivity index (χ4v) is 5.30. The molecule has 0 bridgehead atoms. The number of para-hydroxylation sites is 1. The molecule has 5 rings (SSSR count). The quantitative estimate of drug-likeness (QED) is 0.397. The highest BCUT2D eigenvalue weighted by molar-refractivity contribution is 6.07. The number of fused-ring (bicyclic) bond motifs is 2. The van der Waals surface area contributed by atoms with Crippen molar-refractivity contribution >= 4 is 39.2 Å². The van der Waals surface area contributed by atoms with Gasteiger partial charge in [-0.05, 0) is 37.3 Å². The smallest absolute Gasteiger partial charge is 0.345 e. The zero-order valence-electron chi connectivity index (χ0n) is 21.4. The Morgan fingerprint density at radius 1 is 0.973 bits per heavy atom. The van der Waals surface area contributed by atoms with Crippen LogP contribution in [0.2, 0.25) is 0 Å². The van der Waals surface area contributed by atoms with E-state index in [-0.39, 0.29) is 23.6 Å². The largest absolute Gasteiger partial charge is 0.462 e. The van der Waals surface area contributed by atoms with Gasteiger partial charge in [-0.2, -0.15) is 0 Å². The summed E-state index contributed by atoms with van der Waals surface area (Å²) in [5.74, 6) is -0.743. The number of benzene rings is 2. The van der Waals surface area contributed by atoms with Crippen LogP contribution in [-0.4, -0.2) is 59.1 Å². The maximum absolute atomic E-state index is 13.5. The lowest BCUT2D eigenvalue weighted by molar-refractivity contribution is 0.0524. The number of pyridine rings is 2. The van der Waals surface area contributed by atoms with Crippen molar-refractivity contribution in [1.29, 1.82) is 0 Å². The maximum atomic E-state index is 13.5. The van der Waals surface area contributed by atoms with E-state index in [2.05, 4.69) is 9.88 Å². The van der Waals surface area contributed by atoms with Gasteiger partial charge in [-0.15, -0.1) is 0 Å². The second-order valence-electron chi connectivity index (χ2n) is 9.29. The van der Waals surface area contributed by atoms with E-state index in [1.807, 2.05) is 60.4 Å². The normalized spacial score (nSPS) is 14.1. The van der Waals surface area contributed by atoms with Crippen molar-refractivity contribution in [3.63, 3.8) is 0 Å². The maximum Gasteiger partial charge on any atom is 0.345 e. The molecule has 2 aromatic carbocycles. The molecule has 0 unspecified atom stereocenters. The number of ether oxygens (including phenoxy) is 1. The Morgan fingerprint density at radius 3 is 2.57 bits per heavy atom.